The maximum Gasteiger partial charge on any atom is 0.343 e. The Morgan fingerprint density at radius 2 is 0.667 bits per heavy atom. The van der Waals surface area contributed by atoms with Gasteiger partial charge in [0.2, 0.25) is 0 Å². The Labute approximate surface area is 224 Å². The molecule has 10 heteroatoms. The Morgan fingerprint density at radius 3 is 0.923 bits per heavy atom. The molecule has 0 spiro atoms. The zero-order chi connectivity index (χ0) is 29.4. The van der Waals surface area contributed by atoms with Crippen LogP contribution in [0, 0.1) is 0 Å². The molecule has 0 amide bonds. The van der Waals surface area contributed by atoms with Gasteiger partial charge in [0.15, 0.2) is 0 Å². The molecule has 0 aliphatic rings. The zero-order valence-electron chi connectivity index (χ0n) is 21.9. The van der Waals surface area contributed by atoms with Crippen LogP contribution in [0.2, 0.25) is 0 Å². The lowest BCUT2D eigenvalue weighted by Gasteiger charge is -2.13. The summed E-state index contributed by atoms with van der Waals surface area (Å²) in [7, 11) is 0. The van der Waals surface area contributed by atoms with Crippen molar-refractivity contribution in [3.63, 3.8) is 0 Å². The Balaban J connectivity index is 2.48. The lowest BCUT2D eigenvalue weighted by Crippen LogP contribution is -2.14. The van der Waals surface area contributed by atoms with Crippen molar-refractivity contribution in [3.05, 3.63) is 90.6 Å². The van der Waals surface area contributed by atoms with Crippen LogP contribution in [0.5, 0.6) is 28.7 Å². The minimum Gasteiger partial charge on any atom is -0.423 e. The van der Waals surface area contributed by atoms with Gasteiger partial charge in [-0.2, -0.15) is 0 Å². The summed E-state index contributed by atoms with van der Waals surface area (Å²) in [6.07, 6.45) is 0. The summed E-state index contributed by atoms with van der Waals surface area (Å²) in [6.45, 7) is 19.7. The molecule has 0 atom stereocenters. The number of rotatable bonds is 10. The maximum atomic E-state index is 13.1. The molecule has 0 aliphatic carbocycles. The number of hydrogen-bond acceptors (Lipinski definition) is 10. The van der Waals surface area contributed by atoms with Crippen molar-refractivity contribution < 1.29 is 47.7 Å². The van der Waals surface area contributed by atoms with Crippen molar-refractivity contribution >= 4 is 29.8 Å². The highest BCUT2D eigenvalue weighted by molar-refractivity contribution is 5.95. The lowest BCUT2D eigenvalue weighted by molar-refractivity contribution is -0.131. The fraction of sp³-hybridized carbons (Fsp3) is 0.138. The first-order valence-electron chi connectivity index (χ1n) is 11.2. The fourth-order valence-corrected chi connectivity index (χ4v) is 2.47. The first kappa shape index (κ1) is 30.0. The molecule has 0 fully saturated rings. The smallest absolute Gasteiger partial charge is 0.343 e. The Kier molecular flexibility index (Phi) is 9.85. The molecule has 2 aromatic carbocycles. The van der Waals surface area contributed by atoms with Crippen molar-refractivity contribution in [2.24, 2.45) is 0 Å². The molecule has 0 aliphatic heterocycles. The van der Waals surface area contributed by atoms with Crippen LogP contribution in [0.25, 0.3) is 0 Å². The lowest BCUT2D eigenvalue weighted by atomic mass is 10.2. The second-order valence-electron chi connectivity index (χ2n) is 8.40. The third-order valence-corrected chi connectivity index (χ3v) is 4.42. The van der Waals surface area contributed by atoms with Crippen LogP contribution in [-0.2, 0) is 19.2 Å². The van der Waals surface area contributed by atoms with Gasteiger partial charge in [-0.05, 0) is 39.8 Å². The van der Waals surface area contributed by atoms with Crippen LogP contribution < -0.4 is 23.7 Å². The van der Waals surface area contributed by atoms with Gasteiger partial charge < -0.3 is 23.7 Å². The van der Waals surface area contributed by atoms with Gasteiger partial charge in [0, 0.05) is 46.6 Å². The number of carbonyl (C=O) groups is 5. The minimum absolute atomic E-state index is 0.0846. The predicted octanol–water partition coefficient (Wildman–Crippen LogP) is 4.83. The van der Waals surface area contributed by atoms with Gasteiger partial charge in [-0.3, -0.25) is 0 Å². The number of ether oxygens (including phenoxy) is 5. The molecule has 2 aromatic rings. The fourth-order valence-electron chi connectivity index (χ4n) is 2.47. The van der Waals surface area contributed by atoms with Crippen LogP contribution >= 0.6 is 0 Å². The molecule has 39 heavy (non-hydrogen) atoms. The molecule has 10 nitrogen and oxygen atoms in total. The average molecular weight is 535 g/mol. The number of carbonyl (C=O) groups excluding carboxylic acids is 5. The average Bonchev–Trinajstić information content (AvgIpc) is 2.83. The van der Waals surface area contributed by atoms with Gasteiger partial charge in [-0.1, -0.05) is 26.3 Å². The topological polar surface area (TPSA) is 132 Å². The molecule has 0 radical (unpaired) electrons. The quantitative estimate of drug-likeness (QED) is 0.237. The third kappa shape index (κ3) is 8.97. The number of benzene rings is 2. The van der Waals surface area contributed by atoms with Crippen LogP contribution in [0.15, 0.2) is 85.0 Å². The van der Waals surface area contributed by atoms with Gasteiger partial charge in [-0.25, -0.2) is 24.0 Å². The van der Waals surface area contributed by atoms with Crippen molar-refractivity contribution in [1.29, 1.82) is 0 Å². The van der Waals surface area contributed by atoms with Gasteiger partial charge >= 0.3 is 29.8 Å². The summed E-state index contributed by atoms with van der Waals surface area (Å²) in [4.78, 5) is 61.1. The molecule has 0 bridgehead atoms. The normalized spacial score (nSPS) is 9.95. The van der Waals surface area contributed by atoms with E-state index in [1.54, 1.807) is 0 Å². The second-order valence-corrected chi connectivity index (χ2v) is 8.40. The van der Waals surface area contributed by atoms with Crippen LogP contribution in [0.4, 0.5) is 0 Å². The summed E-state index contributed by atoms with van der Waals surface area (Å²) in [6, 6.07) is 7.19. The van der Waals surface area contributed by atoms with E-state index in [4.69, 9.17) is 23.7 Å². The molecule has 2 rings (SSSR count). The Bertz CT molecular complexity index is 1340. The largest absolute Gasteiger partial charge is 0.423 e. The Morgan fingerprint density at radius 1 is 0.436 bits per heavy atom. The maximum absolute atomic E-state index is 13.1. The molecule has 0 unspecified atom stereocenters. The molecule has 0 N–H and O–H groups in total. The molecule has 0 saturated heterocycles. The zero-order valence-corrected chi connectivity index (χ0v) is 21.9. The SMILES string of the molecule is C=C(C)C(=O)Oc1cc(OC(=O)C(=C)C)cc(OC(=O)c2cc(OC(=O)C(=C)C)cc(OC(=O)C(=C)C)c2)c1. The van der Waals surface area contributed by atoms with Crippen LogP contribution in [-0.4, -0.2) is 29.8 Å². The van der Waals surface area contributed by atoms with E-state index in [1.807, 2.05) is 0 Å². The monoisotopic (exact) mass is 534 g/mol. The van der Waals surface area contributed by atoms with Gasteiger partial charge in [0.1, 0.15) is 28.7 Å². The van der Waals surface area contributed by atoms with Crippen molar-refractivity contribution in [2.45, 2.75) is 27.7 Å². The van der Waals surface area contributed by atoms with E-state index in [2.05, 4.69) is 26.3 Å². The molecule has 0 saturated carbocycles. The highest BCUT2D eigenvalue weighted by Crippen LogP contribution is 2.31. The summed E-state index contributed by atoms with van der Waals surface area (Å²) in [5.41, 5.74) is 0.172. The van der Waals surface area contributed by atoms with E-state index < -0.39 is 29.8 Å². The van der Waals surface area contributed by atoms with Crippen molar-refractivity contribution in [3.8, 4) is 28.7 Å². The highest BCUT2D eigenvalue weighted by atomic mass is 16.6. The Hall–Kier alpha value is -5.25. The molecular weight excluding hydrogens is 508 g/mol. The van der Waals surface area contributed by atoms with Gasteiger partial charge in [-0.15, -0.1) is 0 Å². The van der Waals surface area contributed by atoms with E-state index in [1.165, 1.54) is 64.1 Å². The minimum atomic E-state index is -0.989. The van der Waals surface area contributed by atoms with Crippen LogP contribution in [0.1, 0.15) is 38.1 Å². The third-order valence-electron chi connectivity index (χ3n) is 4.42. The van der Waals surface area contributed by atoms with E-state index >= 15 is 0 Å². The number of esters is 5. The standard InChI is InChI=1S/C29H26O10/c1-15(2)25(30)35-20-9-19(10-21(11-20)36-26(31)16(3)4)29(34)39-24-13-22(37-27(32)17(5)6)12-23(14-24)38-28(33)18(7)8/h9-14H,1,3,5,7H2,2,4,6,8H3. The second kappa shape index (κ2) is 12.8. The van der Waals surface area contributed by atoms with E-state index in [9.17, 15) is 24.0 Å². The van der Waals surface area contributed by atoms with Crippen molar-refractivity contribution in [2.75, 3.05) is 0 Å². The first-order valence-corrected chi connectivity index (χ1v) is 11.2. The van der Waals surface area contributed by atoms with Crippen LogP contribution in [0.3, 0.4) is 0 Å². The van der Waals surface area contributed by atoms with Gasteiger partial charge in [0.25, 0.3) is 0 Å². The number of hydrogen-bond donors (Lipinski definition) is 0. The van der Waals surface area contributed by atoms with E-state index in [0.717, 1.165) is 0 Å². The molecular formula is C29H26O10. The summed E-state index contributed by atoms with van der Waals surface area (Å²) in [5.74, 6) is -4.78. The summed E-state index contributed by atoms with van der Waals surface area (Å²) in [5, 5.41) is 0. The first-order chi connectivity index (χ1) is 18.2. The van der Waals surface area contributed by atoms with Gasteiger partial charge in [0.05, 0.1) is 5.56 Å². The molecule has 202 valence electrons. The van der Waals surface area contributed by atoms with E-state index in [-0.39, 0.29) is 56.6 Å². The highest BCUT2D eigenvalue weighted by Gasteiger charge is 2.19. The molecule has 0 heterocycles. The summed E-state index contributed by atoms with van der Waals surface area (Å²) < 4.78 is 26.1. The van der Waals surface area contributed by atoms with E-state index in [0.29, 0.717) is 0 Å². The summed E-state index contributed by atoms with van der Waals surface area (Å²) >= 11 is 0. The predicted molar refractivity (Wildman–Crippen MR) is 140 cm³/mol. The molecule has 0 aromatic heterocycles. The van der Waals surface area contributed by atoms with Crippen molar-refractivity contribution in [1.82, 2.24) is 0 Å².